The number of esters is 1. The molecule has 0 aromatic rings. The SMILES string of the molecule is CC(O[C]=O)C(=O)OCC(Cl)(Cl)Cl. The Morgan fingerprint density at radius 1 is 1.54 bits per heavy atom. The Labute approximate surface area is 90.0 Å². The van der Waals surface area contributed by atoms with Crippen molar-refractivity contribution in [2.24, 2.45) is 0 Å². The highest BCUT2D eigenvalue weighted by atomic mass is 35.6. The molecule has 13 heavy (non-hydrogen) atoms. The van der Waals surface area contributed by atoms with Crippen molar-refractivity contribution in [1.82, 2.24) is 0 Å². The van der Waals surface area contributed by atoms with Gasteiger partial charge in [0.05, 0.1) is 0 Å². The fourth-order valence-corrected chi connectivity index (χ4v) is 0.554. The number of ether oxygens (including phenoxy) is 2. The maximum atomic E-state index is 10.9. The maximum Gasteiger partial charge on any atom is 0.418 e. The Balaban J connectivity index is 3.81. The zero-order valence-electron chi connectivity index (χ0n) is 6.55. The van der Waals surface area contributed by atoms with Crippen LogP contribution in [-0.2, 0) is 19.1 Å². The van der Waals surface area contributed by atoms with Gasteiger partial charge in [0, 0.05) is 0 Å². The second kappa shape index (κ2) is 5.52. The van der Waals surface area contributed by atoms with Crippen LogP contribution in [-0.4, -0.2) is 28.9 Å². The standard InChI is InChI=1S/C6H6Cl3O4/c1-4(13-3-10)5(11)12-2-6(7,8)9/h4H,2H2,1H3. The third-order valence-corrected chi connectivity index (χ3v) is 1.26. The van der Waals surface area contributed by atoms with Crippen LogP contribution < -0.4 is 0 Å². The number of hydrogen-bond donors (Lipinski definition) is 0. The highest BCUT2D eigenvalue weighted by Crippen LogP contribution is 2.26. The largest absolute Gasteiger partial charge is 0.458 e. The summed E-state index contributed by atoms with van der Waals surface area (Å²) in [6.45, 7) is 2.01. The van der Waals surface area contributed by atoms with Crippen molar-refractivity contribution in [2.45, 2.75) is 16.8 Å². The summed E-state index contributed by atoms with van der Waals surface area (Å²) in [7, 11) is 0. The van der Waals surface area contributed by atoms with Crippen LogP contribution in [0.5, 0.6) is 0 Å². The molecule has 0 bridgehead atoms. The molecule has 0 amide bonds. The van der Waals surface area contributed by atoms with Crippen LogP contribution in [0.3, 0.4) is 0 Å². The second-order valence-electron chi connectivity index (χ2n) is 2.07. The van der Waals surface area contributed by atoms with E-state index in [9.17, 15) is 9.59 Å². The first-order valence-corrected chi connectivity index (χ1v) is 4.26. The lowest BCUT2D eigenvalue weighted by Gasteiger charge is -2.13. The molecule has 0 spiro atoms. The van der Waals surface area contributed by atoms with E-state index in [2.05, 4.69) is 9.47 Å². The molecule has 0 heterocycles. The maximum absolute atomic E-state index is 10.9. The van der Waals surface area contributed by atoms with Gasteiger partial charge in [0.15, 0.2) is 6.10 Å². The number of hydrogen-bond acceptors (Lipinski definition) is 4. The van der Waals surface area contributed by atoms with Crippen molar-refractivity contribution in [1.29, 1.82) is 0 Å². The molecule has 0 rings (SSSR count). The van der Waals surface area contributed by atoms with Crippen LogP contribution in [0.15, 0.2) is 0 Å². The summed E-state index contributed by atoms with van der Waals surface area (Å²) in [5.74, 6) is -0.797. The summed E-state index contributed by atoms with van der Waals surface area (Å²) < 4.78 is 6.98. The summed E-state index contributed by atoms with van der Waals surface area (Å²) >= 11 is 15.9. The highest BCUT2D eigenvalue weighted by molar-refractivity contribution is 6.67. The molecule has 0 saturated heterocycles. The Bertz CT molecular complexity index is 189. The van der Waals surface area contributed by atoms with Crippen LogP contribution in [0, 0.1) is 0 Å². The Hall–Kier alpha value is -0.190. The predicted octanol–water partition coefficient (Wildman–Crippen LogP) is 1.37. The van der Waals surface area contributed by atoms with Crippen LogP contribution in [0.2, 0.25) is 0 Å². The Morgan fingerprint density at radius 2 is 2.08 bits per heavy atom. The zero-order chi connectivity index (χ0) is 10.5. The fraction of sp³-hybridized carbons (Fsp3) is 0.667. The zero-order valence-corrected chi connectivity index (χ0v) is 8.82. The number of halogens is 3. The van der Waals surface area contributed by atoms with Gasteiger partial charge in [-0.1, -0.05) is 34.8 Å². The Morgan fingerprint density at radius 3 is 2.46 bits per heavy atom. The van der Waals surface area contributed by atoms with Crippen molar-refractivity contribution >= 4 is 47.2 Å². The summed E-state index contributed by atoms with van der Waals surface area (Å²) in [5, 5.41) is 0. The molecule has 1 atom stereocenters. The van der Waals surface area contributed by atoms with Crippen LogP contribution in [0.4, 0.5) is 0 Å². The lowest BCUT2D eigenvalue weighted by molar-refractivity contribution is -0.151. The molecule has 0 aliphatic carbocycles. The van der Waals surface area contributed by atoms with E-state index >= 15 is 0 Å². The van der Waals surface area contributed by atoms with Crippen molar-refractivity contribution in [2.75, 3.05) is 6.61 Å². The first-order valence-electron chi connectivity index (χ1n) is 3.13. The first-order chi connectivity index (χ1) is 5.87. The minimum atomic E-state index is -1.67. The average molecular weight is 248 g/mol. The summed E-state index contributed by atoms with van der Waals surface area (Å²) in [6, 6.07) is 0. The second-order valence-corrected chi connectivity index (χ2v) is 4.58. The summed E-state index contributed by atoms with van der Waals surface area (Å²) in [5.41, 5.74) is 0. The van der Waals surface area contributed by atoms with Crippen LogP contribution in [0.25, 0.3) is 0 Å². The van der Waals surface area contributed by atoms with Gasteiger partial charge in [0.1, 0.15) is 6.61 Å². The quantitative estimate of drug-likeness (QED) is 0.557. The van der Waals surface area contributed by atoms with Gasteiger partial charge in [0.25, 0.3) is 0 Å². The average Bonchev–Trinajstić information content (AvgIpc) is 1.99. The van der Waals surface area contributed by atoms with Crippen molar-refractivity contribution in [3.63, 3.8) is 0 Å². The fourth-order valence-electron chi connectivity index (χ4n) is 0.391. The minimum absolute atomic E-state index is 0.400. The van der Waals surface area contributed by atoms with E-state index in [0.717, 1.165) is 6.47 Å². The van der Waals surface area contributed by atoms with E-state index in [0.29, 0.717) is 0 Å². The van der Waals surface area contributed by atoms with Gasteiger partial charge < -0.3 is 9.47 Å². The third-order valence-electron chi connectivity index (χ3n) is 0.935. The molecule has 7 heteroatoms. The molecular formula is C6H6Cl3O4. The molecule has 4 nitrogen and oxygen atoms in total. The first kappa shape index (κ1) is 12.8. The Kier molecular flexibility index (Phi) is 5.44. The molecule has 0 aliphatic rings. The highest BCUT2D eigenvalue weighted by Gasteiger charge is 2.24. The van der Waals surface area contributed by atoms with Crippen molar-refractivity contribution < 1.29 is 19.1 Å². The third kappa shape index (κ3) is 6.93. The van der Waals surface area contributed by atoms with Crippen LogP contribution >= 0.6 is 34.8 Å². The molecule has 75 valence electrons. The van der Waals surface area contributed by atoms with Gasteiger partial charge in [-0.3, -0.25) is 0 Å². The molecule has 0 aliphatic heterocycles. The number of rotatable bonds is 4. The molecule has 0 aromatic heterocycles. The molecule has 0 saturated carbocycles. The lowest BCUT2D eigenvalue weighted by Crippen LogP contribution is -2.26. The van der Waals surface area contributed by atoms with Crippen LogP contribution in [0.1, 0.15) is 6.92 Å². The minimum Gasteiger partial charge on any atom is -0.458 e. The van der Waals surface area contributed by atoms with Gasteiger partial charge in [-0.2, -0.15) is 0 Å². The van der Waals surface area contributed by atoms with E-state index < -0.39 is 22.5 Å². The summed E-state index contributed by atoms with van der Waals surface area (Å²) in [4.78, 5) is 20.6. The van der Waals surface area contributed by atoms with E-state index in [1.807, 2.05) is 0 Å². The number of carbonyl (C=O) groups is 1. The summed E-state index contributed by atoms with van der Waals surface area (Å²) in [6.07, 6.45) is -1.05. The normalized spacial score (nSPS) is 13.2. The number of carbonyl (C=O) groups excluding carboxylic acids is 2. The molecule has 1 unspecified atom stereocenters. The molecule has 0 N–H and O–H groups in total. The van der Waals surface area contributed by atoms with Gasteiger partial charge >= 0.3 is 12.4 Å². The molecule has 0 fully saturated rings. The lowest BCUT2D eigenvalue weighted by atomic mass is 10.4. The van der Waals surface area contributed by atoms with Gasteiger partial charge in [-0.25, -0.2) is 9.59 Å². The predicted molar refractivity (Wildman–Crippen MR) is 47.5 cm³/mol. The molecular weight excluding hydrogens is 242 g/mol. The van der Waals surface area contributed by atoms with E-state index in [-0.39, 0.29) is 0 Å². The topological polar surface area (TPSA) is 52.6 Å². The molecule has 0 aromatic carbocycles. The smallest absolute Gasteiger partial charge is 0.418 e. The van der Waals surface area contributed by atoms with E-state index in [1.54, 1.807) is 0 Å². The van der Waals surface area contributed by atoms with E-state index in [1.165, 1.54) is 6.92 Å². The van der Waals surface area contributed by atoms with Crippen molar-refractivity contribution in [3.8, 4) is 0 Å². The van der Waals surface area contributed by atoms with Gasteiger partial charge in [0.2, 0.25) is 3.79 Å². The van der Waals surface area contributed by atoms with E-state index in [4.69, 9.17) is 34.8 Å². The molecule has 1 radical (unpaired) electrons. The van der Waals surface area contributed by atoms with Gasteiger partial charge in [-0.05, 0) is 6.92 Å². The monoisotopic (exact) mass is 247 g/mol. The van der Waals surface area contributed by atoms with Gasteiger partial charge in [-0.15, -0.1) is 0 Å². The van der Waals surface area contributed by atoms with Crippen molar-refractivity contribution in [3.05, 3.63) is 0 Å². The number of alkyl halides is 3.